The summed E-state index contributed by atoms with van der Waals surface area (Å²) in [6, 6.07) is 5.99. The number of hydrogen-bond donors (Lipinski definition) is 2. The van der Waals surface area contributed by atoms with E-state index in [2.05, 4.69) is 34.2 Å². The number of benzene rings is 1. The number of nitrogens with one attached hydrogen (secondary N) is 1. The van der Waals surface area contributed by atoms with Crippen LogP contribution in [0, 0.1) is 11.8 Å². The molecule has 2 atom stereocenters. The molecule has 3 N–H and O–H groups in total. The minimum absolute atomic E-state index is 0. The molecule has 20 heavy (non-hydrogen) atoms. The van der Waals surface area contributed by atoms with Crippen molar-refractivity contribution in [3.63, 3.8) is 0 Å². The molecule has 5 heteroatoms. The predicted octanol–water partition coefficient (Wildman–Crippen LogP) is 3.75. The average Bonchev–Trinajstić information content (AvgIpc) is 2.89. The smallest absolute Gasteiger partial charge is 0.227 e. The van der Waals surface area contributed by atoms with Crippen molar-refractivity contribution in [1.82, 2.24) is 0 Å². The summed E-state index contributed by atoms with van der Waals surface area (Å²) >= 11 is 3.46. The van der Waals surface area contributed by atoms with Crippen LogP contribution in [0.2, 0.25) is 0 Å². The van der Waals surface area contributed by atoms with Gasteiger partial charge in [0.1, 0.15) is 0 Å². The topological polar surface area (TPSA) is 55.1 Å². The highest BCUT2D eigenvalue weighted by atomic mass is 79.9. The number of carbonyl (C=O) groups is 1. The van der Waals surface area contributed by atoms with E-state index >= 15 is 0 Å². The van der Waals surface area contributed by atoms with Crippen molar-refractivity contribution in [2.75, 3.05) is 11.9 Å². The number of aryl methyl sites for hydroxylation is 1. The lowest BCUT2D eigenvalue weighted by atomic mass is 9.95. The summed E-state index contributed by atoms with van der Waals surface area (Å²) in [4.78, 5) is 12.4. The van der Waals surface area contributed by atoms with E-state index in [1.165, 1.54) is 0 Å². The molecule has 1 amide bonds. The van der Waals surface area contributed by atoms with Crippen LogP contribution in [0.1, 0.15) is 31.7 Å². The normalized spacial score (nSPS) is 21.4. The number of rotatable bonds is 4. The van der Waals surface area contributed by atoms with Crippen molar-refractivity contribution < 1.29 is 4.79 Å². The fraction of sp³-hybridized carbons (Fsp3) is 0.533. The van der Waals surface area contributed by atoms with Crippen molar-refractivity contribution in [3.8, 4) is 0 Å². The van der Waals surface area contributed by atoms with E-state index < -0.39 is 0 Å². The van der Waals surface area contributed by atoms with Crippen LogP contribution in [0.25, 0.3) is 0 Å². The number of hydrogen-bond acceptors (Lipinski definition) is 2. The lowest BCUT2D eigenvalue weighted by Gasteiger charge is -2.18. The molecule has 2 rings (SSSR count). The van der Waals surface area contributed by atoms with Crippen LogP contribution in [0.4, 0.5) is 5.69 Å². The first-order valence-electron chi connectivity index (χ1n) is 6.95. The molecule has 0 aromatic heterocycles. The Morgan fingerprint density at radius 3 is 2.85 bits per heavy atom. The third kappa shape index (κ3) is 3.96. The van der Waals surface area contributed by atoms with Gasteiger partial charge in [0, 0.05) is 16.1 Å². The molecular formula is C15H22BrClN2O. The Morgan fingerprint density at radius 2 is 2.20 bits per heavy atom. The first-order chi connectivity index (χ1) is 9.15. The van der Waals surface area contributed by atoms with Gasteiger partial charge in [-0.25, -0.2) is 0 Å². The highest BCUT2D eigenvalue weighted by Crippen LogP contribution is 2.32. The summed E-state index contributed by atoms with van der Waals surface area (Å²) in [5, 5.41) is 3.08. The number of carbonyl (C=O) groups excluding carboxylic acids is 1. The summed E-state index contributed by atoms with van der Waals surface area (Å²) in [7, 11) is 0. The number of nitrogens with two attached hydrogens (primary N) is 1. The van der Waals surface area contributed by atoms with Crippen molar-refractivity contribution in [3.05, 3.63) is 28.2 Å². The van der Waals surface area contributed by atoms with E-state index in [4.69, 9.17) is 5.73 Å². The molecule has 1 aromatic rings. The van der Waals surface area contributed by atoms with Gasteiger partial charge >= 0.3 is 0 Å². The van der Waals surface area contributed by atoms with Gasteiger partial charge in [0.05, 0.1) is 0 Å². The molecule has 0 aliphatic heterocycles. The van der Waals surface area contributed by atoms with Crippen LogP contribution in [0.5, 0.6) is 0 Å². The molecule has 3 nitrogen and oxygen atoms in total. The zero-order chi connectivity index (χ0) is 13.8. The summed E-state index contributed by atoms with van der Waals surface area (Å²) in [5.74, 6) is 0.559. The Morgan fingerprint density at radius 1 is 1.45 bits per heavy atom. The number of anilines is 1. The second kappa shape index (κ2) is 8.01. The fourth-order valence-electron chi connectivity index (χ4n) is 2.87. The molecule has 0 heterocycles. The van der Waals surface area contributed by atoms with Gasteiger partial charge in [0.15, 0.2) is 0 Å². The maximum absolute atomic E-state index is 12.4. The molecule has 0 spiro atoms. The van der Waals surface area contributed by atoms with E-state index in [0.29, 0.717) is 12.5 Å². The van der Waals surface area contributed by atoms with Crippen molar-refractivity contribution in [1.29, 1.82) is 0 Å². The van der Waals surface area contributed by atoms with Gasteiger partial charge in [-0.2, -0.15) is 0 Å². The Balaban J connectivity index is 0.00000200. The Labute approximate surface area is 135 Å². The number of halogens is 2. The first-order valence-corrected chi connectivity index (χ1v) is 7.74. The monoisotopic (exact) mass is 360 g/mol. The highest BCUT2D eigenvalue weighted by molar-refractivity contribution is 9.10. The molecular weight excluding hydrogens is 340 g/mol. The maximum Gasteiger partial charge on any atom is 0.227 e. The van der Waals surface area contributed by atoms with Gasteiger partial charge in [0.2, 0.25) is 5.91 Å². The van der Waals surface area contributed by atoms with Gasteiger partial charge in [-0.15, -0.1) is 12.4 Å². The molecule has 0 bridgehead atoms. The predicted molar refractivity (Wildman–Crippen MR) is 89.3 cm³/mol. The zero-order valence-corrected chi connectivity index (χ0v) is 14.1. The van der Waals surface area contributed by atoms with Crippen LogP contribution in [-0.4, -0.2) is 12.5 Å². The maximum atomic E-state index is 12.4. The molecule has 1 aliphatic rings. The van der Waals surface area contributed by atoms with Gasteiger partial charge in [-0.05, 0) is 55.5 Å². The summed E-state index contributed by atoms with van der Waals surface area (Å²) in [6.07, 6.45) is 4.06. The van der Waals surface area contributed by atoms with Crippen molar-refractivity contribution in [2.45, 2.75) is 32.6 Å². The second-order valence-corrected chi connectivity index (χ2v) is 6.09. The van der Waals surface area contributed by atoms with Crippen molar-refractivity contribution >= 4 is 39.9 Å². The highest BCUT2D eigenvalue weighted by Gasteiger charge is 2.32. The van der Waals surface area contributed by atoms with Crippen LogP contribution in [0.3, 0.4) is 0 Å². The van der Waals surface area contributed by atoms with Crippen LogP contribution in [-0.2, 0) is 11.2 Å². The molecule has 112 valence electrons. The van der Waals surface area contributed by atoms with Gasteiger partial charge in [-0.1, -0.05) is 29.3 Å². The molecule has 0 saturated heterocycles. The van der Waals surface area contributed by atoms with E-state index in [1.54, 1.807) is 0 Å². The zero-order valence-electron chi connectivity index (χ0n) is 11.7. The quantitative estimate of drug-likeness (QED) is 0.858. The molecule has 1 saturated carbocycles. The number of amides is 1. The third-order valence-corrected chi connectivity index (χ3v) is 4.50. The second-order valence-electron chi connectivity index (χ2n) is 5.18. The van der Waals surface area contributed by atoms with Gasteiger partial charge in [-0.3, -0.25) is 4.79 Å². The average molecular weight is 362 g/mol. The lowest BCUT2D eigenvalue weighted by Crippen LogP contribution is -2.30. The molecule has 0 unspecified atom stereocenters. The van der Waals surface area contributed by atoms with Gasteiger partial charge in [0.25, 0.3) is 0 Å². The minimum atomic E-state index is 0. The first kappa shape index (κ1) is 17.5. The lowest BCUT2D eigenvalue weighted by molar-refractivity contribution is -0.120. The largest absolute Gasteiger partial charge is 0.330 e. The molecule has 1 fully saturated rings. The minimum Gasteiger partial charge on any atom is -0.330 e. The van der Waals surface area contributed by atoms with E-state index in [1.807, 2.05) is 12.1 Å². The van der Waals surface area contributed by atoms with Crippen LogP contribution < -0.4 is 11.1 Å². The molecule has 0 radical (unpaired) electrons. The summed E-state index contributed by atoms with van der Waals surface area (Å²) in [6.45, 7) is 2.70. The third-order valence-electron chi connectivity index (χ3n) is 4.00. The summed E-state index contributed by atoms with van der Waals surface area (Å²) < 4.78 is 1.04. The molecule has 1 aliphatic carbocycles. The Bertz CT molecular complexity index is 467. The SMILES string of the molecule is CCc1cc(Br)ccc1NC(=O)[C@@H]1CCC[C@@H]1CN.Cl. The van der Waals surface area contributed by atoms with E-state index in [9.17, 15) is 4.79 Å². The van der Waals surface area contributed by atoms with Gasteiger partial charge < -0.3 is 11.1 Å². The van der Waals surface area contributed by atoms with Crippen molar-refractivity contribution in [2.24, 2.45) is 17.6 Å². The fourth-order valence-corrected chi connectivity index (χ4v) is 3.27. The van der Waals surface area contributed by atoms with E-state index in [0.717, 1.165) is 41.4 Å². The van der Waals surface area contributed by atoms with Crippen LogP contribution >= 0.6 is 28.3 Å². The summed E-state index contributed by atoms with van der Waals surface area (Å²) in [5.41, 5.74) is 7.83. The Kier molecular flexibility index (Phi) is 7.00. The molecule has 1 aromatic carbocycles. The Hall–Kier alpha value is -0.580. The van der Waals surface area contributed by atoms with Crippen LogP contribution in [0.15, 0.2) is 22.7 Å². The standard InChI is InChI=1S/C15H21BrN2O.ClH/c1-2-10-8-12(16)6-7-14(10)18-15(19)13-5-3-4-11(13)9-17;/h6-8,11,13H,2-5,9,17H2,1H3,(H,18,19);1H/t11-,13-;/m1./s1. The van der Waals surface area contributed by atoms with E-state index in [-0.39, 0.29) is 24.2 Å².